The quantitative estimate of drug-likeness (QED) is 0.804. The first kappa shape index (κ1) is 19.8. The first-order valence-corrected chi connectivity index (χ1v) is 10.7. The number of ether oxygens (including phenoxy) is 1. The van der Waals surface area contributed by atoms with Gasteiger partial charge in [-0.1, -0.05) is 35.4 Å². The molecule has 0 spiro atoms. The van der Waals surface area contributed by atoms with Crippen molar-refractivity contribution in [1.82, 2.24) is 5.32 Å². The van der Waals surface area contributed by atoms with Crippen molar-refractivity contribution in [2.75, 3.05) is 18.0 Å². The lowest BCUT2D eigenvalue weighted by Gasteiger charge is -2.39. The highest BCUT2D eigenvalue weighted by atomic mass is 16.5. The summed E-state index contributed by atoms with van der Waals surface area (Å²) >= 11 is 0. The summed E-state index contributed by atoms with van der Waals surface area (Å²) < 4.78 is 6.15. The van der Waals surface area contributed by atoms with Crippen LogP contribution in [0.25, 0.3) is 0 Å². The van der Waals surface area contributed by atoms with Gasteiger partial charge in [0.15, 0.2) is 0 Å². The number of rotatable bonds is 3. The molecule has 4 heteroatoms. The van der Waals surface area contributed by atoms with Gasteiger partial charge in [0.2, 0.25) is 5.91 Å². The maximum Gasteiger partial charge on any atom is 0.223 e. The van der Waals surface area contributed by atoms with Crippen molar-refractivity contribution in [3.8, 4) is 5.75 Å². The molecule has 4 rings (SSSR count). The number of fused-ring (bicyclic) bond motifs is 1. The third kappa shape index (κ3) is 4.42. The van der Waals surface area contributed by atoms with Crippen LogP contribution in [0.5, 0.6) is 5.75 Å². The smallest absolute Gasteiger partial charge is 0.223 e. The lowest BCUT2D eigenvalue weighted by molar-refractivity contribution is -0.126. The fourth-order valence-electron chi connectivity index (χ4n) is 4.55. The normalized spacial score (nSPS) is 21.2. The fourth-order valence-corrected chi connectivity index (χ4v) is 4.55. The van der Waals surface area contributed by atoms with Crippen LogP contribution in [-0.2, 0) is 4.79 Å². The molecule has 2 aliphatic rings. The highest BCUT2D eigenvalue weighted by Gasteiger charge is 2.36. The summed E-state index contributed by atoms with van der Waals surface area (Å²) in [6.45, 7) is 10.2. The van der Waals surface area contributed by atoms with Crippen LogP contribution in [0.15, 0.2) is 42.5 Å². The van der Waals surface area contributed by atoms with Gasteiger partial charge in [-0.25, -0.2) is 0 Å². The van der Waals surface area contributed by atoms with Crippen LogP contribution < -0.4 is 15.0 Å². The van der Waals surface area contributed by atoms with E-state index in [2.05, 4.69) is 74.3 Å². The fraction of sp³-hybridized carbons (Fsp3) is 0.480. The molecule has 4 nitrogen and oxygen atoms in total. The Morgan fingerprint density at radius 2 is 1.69 bits per heavy atom. The Labute approximate surface area is 174 Å². The van der Waals surface area contributed by atoms with E-state index >= 15 is 0 Å². The minimum Gasteiger partial charge on any atom is -0.487 e. The van der Waals surface area contributed by atoms with Crippen molar-refractivity contribution in [2.24, 2.45) is 5.92 Å². The first-order chi connectivity index (χ1) is 13.8. The molecule has 2 aromatic rings. The monoisotopic (exact) mass is 392 g/mol. The van der Waals surface area contributed by atoms with Crippen LogP contribution in [0.1, 0.15) is 55.8 Å². The predicted octanol–water partition coefficient (Wildman–Crippen LogP) is 4.94. The summed E-state index contributed by atoms with van der Waals surface area (Å²) in [4.78, 5) is 15.5. The molecule has 1 N–H and O–H groups in total. The van der Waals surface area contributed by atoms with E-state index in [1.54, 1.807) is 0 Å². The van der Waals surface area contributed by atoms with Gasteiger partial charge in [-0.05, 0) is 58.7 Å². The molecule has 2 aromatic carbocycles. The number of nitrogens with one attached hydrogen (secondary N) is 1. The zero-order chi connectivity index (χ0) is 20.6. The molecule has 1 amide bonds. The van der Waals surface area contributed by atoms with E-state index in [1.165, 1.54) is 16.8 Å². The maximum atomic E-state index is 13.1. The average Bonchev–Trinajstić information content (AvgIpc) is 2.69. The minimum absolute atomic E-state index is 0.0104. The number of hydrogen-bond donors (Lipinski definition) is 1. The van der Waals surface area contributed by atoms with Crippen molar-refractivity contribution in [3.63, 3.8) is 0 Å². The third-order valence-electron chi connectivity index (χ3n) is 6.20. The second kappa shape index (κ2) is 7.74. The van der Waals surface area contributed by atoms with Crippen molar-refractivity contribution >= 4 is 11.6 Å². The van der Waals surface area contributed by atoms with E-state index in [0.717, 1.165) is 43.7 Å². The molecule has 0 saturated carbocycles. The zero-order valence-electron chi connectivity index (χ0n) is 18.0. The Hall–Kier alpha value is -2.49. The van der Waals surface area contributed by atoms with Gasteiger partial charge in [-0.3, -0.25) is 4.79 Å². The topological polar surface area (TPSA) is 41.6 Å². The molecule has 1 unspecified atom stereocenters. The molecule has 154 valence electrons. The Kier molecular flexibility index (Phi) is 5.28. The number of nitrogens with zero attached hydrogens (tertiary/aromatic N) is 1. The molecular formula is C25H32N2O2. The molecule has 0 aromatic heterocycles. The van der Waals surface area contributed by atoms with Crippen molar-refractivity contribution < 1.29 is 9.53 Å². The molecule has 0 aliphatic carbocycles. The first-order valence-electron chi connectivity index (χ1n) is 10.7. The molecule has 1 saturated heterocycles. The molecule has 0 bridgehead atoms. The van der Waals surface area contributed by atoms with Gasteiger partial charge in [-0.15, -0.1) is 0 Å². The number of carbonyl (C=O) groups is 1. The van der Waals surface area contributed by atoms with Gasteiger partial charge in [0.1, 0.15) is 11.4 Å². The van der Waals surface area contributed by atoms with Crippen molar-refractivity contribution in [3.05, 3.63) is 59.2 Å². The van der Waals surface area contributed by atoms with Gasteiger partial charge in [-0.2, -0.15) is 0 Å². The lowest BCUT2D eigenvalue weighted by Crippen LogP contribution is -2.45. The maximum absolute atomic E-state index is 13.1. The van der Waals surface area contributed by atoms with E-state index in [4.69, 9.17) is 4.74 Å². The molecule has 1 atom stereocenters. The second-order valence-electron chi connectivity index (χ2n) is 9.27. The van der Waals surface area contributed by atoms with Crippen LogP contribution in [-0.4, -0.2) is 24.6 Å². The second-order valence-corrected chi connectivity index (χ2v) is 9.27. The molecule has 1 fully saturated rings. The van der Waals surface area contributed by atoms with Crippen LogP contribution in [0.2, 0.25) is 0 Å². The average molecular weight is 393 g/mol. The molecule has 2 aliphatic heterocycles. The summed E-state index contributed by atoms with van der Waals surface area (Å²) in [5.41, 5.74) is 4.55. The number of carbonyl (C=O) groups excluding carboxylic acids is 1. The van der Waals surface area contributed by atoms with Crippen LogP contribution in [0.4, 0.5) is 5.69 Å². The van der Waals surface area contributed by atoms with Crippen LogP contribution in [0, 0.1) is 19.8 Å². The SMILES string of the molecule is Cc1ccc(N2CCC(C(=O)NC3CC(C)(C)Oc4ccc(C)cc43)CC2)cc1. The zero-order valence-corrected chi connectivity index (χ0v) is 18.0. The molecular weight excluding hydrogens is 360 g/mol. The van der Waals surface area contributed by atoms with Gasteiger partial charge in [0, 0.05) is 36.7 Å². The molecule has 0 radical (unpaired) electrons. The predicted molar refractivity (Wildman–Crippen MR) is 118 cm³/mol. The number of benzene rings is 2. The van der Waals surface area contributed by atoms with E-state index in [-0.39, 0.29) is 23.5 Å². The van der Waals surface area contributed by atoms with E-state index in [0.29, 0.717) is 0 Å². The van der Waals surface area contributed by atoms with Gasteiger partial charge < -0.3 is 15.0 Å². The van der Waals surface area contributed by atoms with Crippen molar-refractivity contribution in [2.45, 2.75) is 58.6 Å². The molecule has 2 heterocycles. The van der Waals surface area contributed by atoms with E-state index < -0.39 is 0 Å². The third-order valence-corrected chi connectivity index (χ3v) is 6.20. The number of piperidine rings is 1. The van der Waals surface area contributed by atoms with E-state index in [1.807, 2.05) is 6.07 Å². The van der Waals surface area contributed by atoms with Gasteiger partial charge in [0.25, 0.3) is 0 Å². The number of anilines is 1. The summed E-state index contributed by atoms with van der Waals surface area (Å²) in [7, 11) is 0. The summed E-state index contributed by atoms with van der Waals surface area (Å²) in [6, 6.07) is 14.9. The van der Waals surface area contributed by atoms with Crippen molar-refractivity contribution in [1.29, 1.82) is 0 Å². The number of amides is 1. The summed E-state index contributed by atoms with van der Waals surface area (Å²) in [6.07, 6.45) is 2.58. The standard InChI is InChI=1S/C25H32N2O2/c1-17-5-8-20(9-6-17)27-13-11-19(12-14-27)24(28)26-22-16-25(3,4)29-23-10-7-18(2)15-21(22)23/h5-10,15,19,22H,11-14,16H2,1-4H3,(H,26,28). The Bertz CT molecular complexity index is 880. The van der Waals surface area contributed by atoms with E-state index in [9.17, 15) is 4.79 Å². The highest BCUT2D eigenvalue weighted by Crippen LogP contribution is 2.40. The summed E-state index contributed by atoms with van der Waals surface area (Å²) in [5, 5.41) is 3.35. The Morgan fingerprint density at radius 3 is 2.38 bits per heavy atom. The lowest BCUT2D eigenvalue weighted by atomic mass is 9.88. The highest BCUT2D eigenvalue weighted by molar-refractivity contribution is 5.79. The van der Waals surface area contributed by atoms with Crippen LogP contribution >= 0.6 is 0 Å². The van der Waals surface area contributed by atoms with Crippen LogP contribution in [0.3, 0.4) is 0 Å². The summed E-state index contributed by atoms with van der Waals surface area (Å²) in [5.74, 6) is 1.16. The van der Waals surface area contributed by atoms with Gasteiger partial charge >= 0.3 is 0 Å². The number of hydrogen-bond acceptors (Lipinski definition) is 3. The largest absolute Gasteiger partial charge is 0.487 e. The minimum atomic E-state index is -0.283. The van der Waals surface area contributed by atoms with Gasteiger partial charge in [0.05, 0.1) is 6.04 Å². The Balaban J connectivity index is 1.41. The number of aryl methyl sites for hydroxylation is 2. The Morgan fingerprint density at radius 1 is 1.03 bits per heavy atom. The molecule has 29 heavy (non-hydrogen) atoms.